The molecular formula is C27H19N3O3. The molecule has 3 N–H and O–H groups in total. The number of H-pyrrole nitrogens is 2. The molecule has 0 unspecified atom stereocenters. The molecule has 0 atom stereocenters. The van der Waals surface area contributed by atoms with Gasteiger partial charge in [-0.3, -0.25) is 14.9 Å². The number of para-hydroxylation sites is 1. The second kappa shape index (κ2) is 7.53. The van der Waals surface area contributed by atoms with Crippen molar-refractivity contribution in [1.29, 1.82) is 0 Å². The number of aromatic amines is 2. The van der Waals surface area contributed by atoms with Crippen LogP contribution in [-0.4, -0.2) is 21.8 Å². The van der Waals surface area contributed by atoms with E-state index >= 15 is 0 Å². The van der Waals surface area contributed by atoms with Gasteiger partial charge >= 0.3 is 0 Å². The number of carbonyl (C=O) groups is 2. The molecule has 0 spiro atoms. The predicted molar refractivity (Wildman–Crippen MR) is 127 cm³/mol. The zero-order chi connectivity index (χ0) is 22.4. The molecule has 3 heterocycles. The summed E-state index contributed by atoms with van der Waals surface area (Å²) in [4.78, 5) is 32.3. The molecule has 3 aromatic carbocycles. The summed E-state index contributed by atoms with van der Waals surface area (Å²) in [7, 11) is 0. The predicted octanol–water partition coefficient (Wildman–Crippen LogP) is 4.80. The summed E-state index contributed by atoms with van der Waals surface area (Å²) < 4.78 is 6.16. The average Bonchev–Trinajstić information content (AvgIpc) is 3.53. The minimum atomic E-state index is -0.418. The average molecular weight is 433 g/mol. The number of nitrogens with one attached hydrogen (secondary N) is 3. The summed E-state index contributed by atoms with van der Waals surface area (Å²) in [6, 6.07) is 23.3. The van der Waals surface area contributed by atoms with E-state index in [4.69, 9.17) is 4.74 Å². The van der Waals surface area contributed by atoms with Crippen LogP contribution >= 0.6 is 0 Å². The molecule has 0 aliphatic carbocycles. The molecule has 160 valence electrons. The lowest BCUT2D eigenvalue weighted by atomic mass is 9.95. The van der Waals surface area contributed by atoms with E-state index in [1.165, 1.54) is 0 Å². The summed E-state index contributed by atoms with van der Waals surface area (Å²) in [6.07, 6.45) is 3.54. The molecule has 6 heteroatoms. The highest BCUT2D eigenvalue weighted by atomic mass is 16.5. The molecule has 1 aliphatic rings. The smallest absolute Gasteiger partial charge is 0.259 e. The Morgan fingerprint density at radius 1 is 0.667 bits per heavy atom. The minimum Gasteiger partial charge on any atom is -0.488 e. The summed E-state index contributed by atoms with van der Waals surface area (Å²) in [5, 5.41) is 4.13. The third-order valence-corrected chi connectivity index (χ3v) is 5.96. The van der Waals surface area contributed by atoms with E-state index in [-0.39, 0.29) is 0 Å². The molecule has 2 amide bonds. The van der Waals surface area contributed by atoms with Crippen LogP contribution in [0.5, 0.6) is 5.75 Å². The van der Waals surface area contributed by atoms with Crippen LogP contribution in [0.3, 0.4) is 0 Å². The number of imide groups is 1. The van der Waals surface area contributed by atoms with Gasteiger partial charge in [-0.1, -0.05) is 54.6 Å². The molecule has 33 heavy (non-hydrogen) atoms. The molecule has 2 aromatic heterocycles. The fourth-order valence-corrected chi connectivity index (χ4v) is 4.45. The van der Waals surface area contributed by atoms with E-state index in [1.807, 2.05) is 72.8 Å². The fourth-order valence-electron chi connectivity index (χ4n) is 4.45. The highest BCUT2D eigenvalue weighted by Gasteiger charge is 2.35. The first-order valence-corrected chi connectivity index (χ1v) is 10.6. The van der Waals surface area contributed by atoms with Crippen molar-refractivity contribution in [2.24, 2.45) is 0 Å². The van der Waals surface area contributed by atoms with Crippen LogP contribution in [0.15, 0.2) is 85.2 Å². The molecular weight excluding hydrogens is 414 g/mol. The first kappa shape index (κ1) is 19.1. The third kappa shape index (κ3) is 3.11. The zero-order valence-corrected chi connectivity index (χ0v) is 17.5. The Morgan fingerprint density at radius 3 is 2.18 bits per heavy atom. The maximum atomic E-state index is 13.0. The number of amides is 2. The van der Waals surface area contributed by atoms with Crippen molar-refractivity contribution >= 4 is 44.8 Å². The van der Waals surface area contributed by atoms with Crippen molar-refractivity contribution < 1.29 is 14.3 Å². The third-order valence-electron chi connectivity index (χ3n) is 5.96. The van der Waals surface area contributed by atoms with Gasteiger partial charge in [0, 0.05) is 45.3 Å². The number of rotatable bonds is 5. The van der Waals surface area contributed by atoms with Crippen LogP contribution < -0.4 is 10.1 Å². The normalized spacial score (nSPS) is 13.8. The first-order chi connectivity index (χ1) is 16.2. The lowest BCUT2D eigenvalue weighted by molar-refractivity contribution is -0.122. The maximum absolute atomic E-state index is 13.0. The molecule has 6 rings (SSSR count). The van der Waals surface area contributed by atoms with Crippen molar-refractivity contribution in [3.63, 3.8) is 0 Å². The Bertz CT molecular complexity index is 1570. The van der Waals surface area contributed by atoms with Crippen molar-refractivity contribution in [2.75, 3.05) is 0 Å². The second-order valence-corrected chi connectivity index (χ2v) is 7.94. The zero-order valence-electron chi connectivity index (χ0n) is 17.5. The van der Waals surface area contributed by atoms with E-state index < -0.39 is 11.8 Å². The van der Waals surface area contributed by atoms with Gasteiger partial charge in [-0.15, -0.1) is 0 Å². The van der Waals surface area contributed by atoms with Gasteiger partial charge in [0.1, 0.15) is 12.4 Å². The van der Waals surface area contributed by atoms with Gasteiger partial charge in [0.25, 0.3) is 11.8 Å². The van der Waals surface area contributed by atoms with E-state index in [1.54, 1.807) is 12.4 Å². The largest absolute Gasteiger partial charge is 0.488 e. The van der Waals surface area contributed by atoms with Gasteiger partial charge in [-0.25, -0.2) is 0 Å². The van der Waals surface area contributed by atoms with Gasteiger partial charge in [0.05, 0.1) is 11.1 Å². The Morgan fingerprint density at radius 2 is 1.33 bits per heavy atom. The number of ether oxygens (including phenoxy) is 1. The number of carbonyl (C=O) groups excluding carboxylic acids is 2. The number of hydrogen-bond acceptors (Lipinski definition) is 3. The summed E-state index contributed by atoms with van der Waals surface area (Å²) >= 11 is 0. The first-order valence-electron chi connectivity index (χ1n) is 10.6. The molecule has 0 saturated heterocycles. The van der Waals surface area contributed by atoms with Gasteiger partial charge in [-0.05, 0) is 23.8 Å². The molecule has 1 aliphatic heterocycles. The standard InChI is InChI=1S/C27H19N3O3/c31-26-24(18-13-28-20-10-5-4-9-17(18)20)25(27(32)30-26)19-14-29-21-11-6-12-22(23(19)21)33-15-16-7-2-1-3-8-16/h1-14,28-29H,15H2,(H,30,31,32). The molecule has 0 fully saturated rings. The van der Waals surface area contributed by atoms with Crippen LogP contribution in [0.2, 0.25) is 0 Å². The highest BCUT2D eigenvalue weighted by Crippen LogP contribution is 2.40. The van der Waals surface area contributed by atoms with Crippen molar-refractivity contribution in [2.45, 2.75) is 6.61 Å². The van der Waals surface area contributed by atoms with Gasteiger partial charge in [0.15, 0.2) is 0 Å². The van der Waals surface area contributed by atoms with E-state index in [0.29, 0.717) is 34.6 Å². The second-order valence-electron chi connectivity index (χ2n) is 7.94. The van der Waals surface area contributed by atoms with E-state index in [0.717, 1.165) is 27.4 Å². The van der Waals surface area contributed by atoms with Crippen LogP contribution in [0.1, 0.15) is 16.7 Å². The van der Waals surface area contributed by atoms with Gasteiger partial charge in [-0.2, -0.15) is 0 Å². The molecule has 0 bridgehead atoms. The Kier molecular flexibility index (Phi) is 4.36. The Balaban J connectivity index is 1.53. The molecule has 0 saturated carbocycles. The minimum absolute atomic E-state index is 0.340. The molecule has 5 aromatic rings. The summed E-state index contributed by atoms with van der Waals surface area (Å²) in [6.45, 7) is 0.393. The summed E-state index contributed by atoms with van der Waals surface area (Å²) in [5.41, 5.74) is 4.80. The van der Waals surface area contributed by atoms with E-state index in [2.05, 4.69) is 15.3 Å². The lowest BCUT2D eigenvalue weighted by Gasteiger charge is -2.10. The SMILES string of the molecule is O=C1NC(=O)C(c2c[nH]c3cccc(OCc4ccccc4)c23)=C1c1c[nH]c2ccccc12. The van der Waals surface area contributed by atoms with Crippen LogP contribution in [0.4, 0.5) is 0 Å². The van der Waals surface area contributed by atoms with Crippen LogP contribution in [-0.2, 0) is 16.2 Å². The summed E-state index contributed by atoms with van der Waals surface area (Å²) in [5.74, 6) is -0.179. The lowest BCUT2D eigenvalue weighted by Crippen LogP contribution is -2.22. The molecule has 0 radical (unpaired) electrons. The Labute approximate surface area is 188 Å². The number of benzene rings is 3. The van der Waals surface area contributed by atoms with Gasteiger partial charge in [0.2, 0.25) is 0 Å². The topological polar surface area (TPSA) is 87.0 Å². The number of fused-ring (bicyclic) bond motifs is 2. The van der Waals surface area contributed by atoms with Crippen LogP contribution in [0, 0.1) is 0 Å². The number of aromatic nitrogens is 2. The van der Waals surface area contributed by atoms with Crippen molar-refractivity contribution in [3.8, 4) is 5.75 Å². The monoisotopic (exact) mass is 433 g/mol. The molecule has 6 nitrogen and oxygen atoms in total. The van der Waals surface area contributed by atoms with Crippen molar-refractivity contribution in [1.82, 2.24) is 15.3 Å². The maximum Gasteiger partial charge on any atom is 0.259 e. The van der Waals surface area contributed by atoms with Gasteiger partial charge < -0.3 is 14.7 Å². The number of hydrogen-bond donors (Lipinski definition) is 3. The fraction of sp³-hybridized carbons (Fsp3) is 0.0370. The highest BCUT2D eigenvalue weighted by molar-refractivity contribution is 6.50. The van der Waals surface area contributed by atoms with Crippen molar-refractivity contribution in [3.05, 3.63) is 102 Å². The van der Waals surface area contributed by atoms with Crippen LogP contribution in [0.25, 0.3) is 33.0 Å². The van der Waals surface area contributed by atoms with E-state index in [9.17, 15) is 9.59 Å². The Hall–Kier alpha value is -4.58. The quantitative estimate of drug-likeness (QED) is 0.348.